The van der Waals surface area contributed by atoms with Gasteiger partial charge >= 0.3 is 5.97 Å². The largest absolute Gasteiger partial charge is 0.460 e. The van der Waals surface area contributed by atoms with Gasteiger partial charge in [0, 0.05) is 17.7 Å². The Morgan fingerprint density at radius 3 is 2.25 bits per heavy atom. The van der Waals surface area contributed by atoms with E-state index in [9.17, 15) is 23.2 Å². The van der Waals surface area contributed by atoms with Gasteiger partial charge in [-0.05, 0) is 45.4 Å². The quantitative estimate of drug-likeness (QED) is 0.369. The van der Waals surface area contributed by atoms with Gasteiger partial charge < -0.3 is 4.74 Å². The van der Waals surface area contributed by atoms with E-state index in [0.29, 0.717) is 5.56 Å². The molecule has 0 unspecified atom stereocenters. The third-order valence-electron chi connectivity index (χ3n) is 4.93. The number of rotatable bonds is 5. The maximum Gasteiger partial charge on any atom is 0.310 e. The molecule has 1 aliphatic rings. The Hall–Kier alpha value is -2.58. The number of ether oxygens (including phenoxy) is 1. The first kappa shape index (κ1) is 24.1. The summed E-state index contributed by atoms with van der Waals surface area (Å²) < 4.78 is 36.2. The summed E-state index contributed by atoms with van der Waals surface area (Å²) >= 11 is 1.13. The average Bonchev–Trinajstić information content (AvgIpc) is 2.71. The summed E-state index contributed by atoms with van der Waals surface area (Å²) in [6.45, 7) is 6.56. The molecular formula is C24H25F2NO4S. The highest BCUT2D eigenvalue weighted by Crippen LogP contribution is 2.40. The fourth-order valence-corrected chi connectivity index (χ4v) is 4.59. The van der Waals surface area contributed by atoms with Gasteiger partial charge in [-0.1, -0.05) is 42.3 Å². The van der Waals surface area contributed by atoms with Crippen molar-refractivity contribution < 1.29 is 27.9 Å². The van der Waals surface area contributed by atoms with Crippen LogP contribution in [0.3, 0.4) is 0 Å². The lowest BCUT2D eigenvalue weighted by Gasteiger charge is -2.35. The molecule has 1 saturated heterocycles. The van der Waals surface area contributed by atoms with Crippen molar-refractivity contribution in [3.63, 3.8) is 0 Å². The molecule has 5 nitrogen and oxygen atoms in total. The highest BCUT2D eigenvalue weighted by Gasteiger charge is 2.41. The maximum absolute atomic E-state index is 14.8. The average molecular weight is 462 g/mol. The first-order chi connectivity index (χ1) is 15.0. The number of hydrogen-bond acceptors (Lipinski definition) is 6. The van der Waals surface area contributed by atoms with Crippen molar-refractivity contribution in [1.29, 1.82) is 0 Å². The van der Waals surface area contributed by atoms with E-state index in [1.807, 2.05) is 0 Å². The molecule has 32 heavy (non-hydrogen) atoms. The number of Topliss-reactive ketones (excluding diaryl/α,β-unsaturated/α-hetero) is 2. The first-order valence-corrected chi connectivity index (χ1v) is 11.0. The van der Waals surface area contributed by atoms with E-state index in [2.05, 4.69) is 0 Å². The lowest BCUT2D eigenvalue weighted by atomic mass is 10.0. The molecule has 1 heterocycles. The summed E-state index contributed by atoms with van der Waals surface area (Å²) in [7, 11) is 0. The van der Waals surface area contributed by atoms with Crippen molar-refractivity contribution in [2.75, 3.05) is 0 Å². The fourth-order valence-electron chi connectivity index (χ4n) is 3.34. The molecule has 1 aliphatic heterocycles. The van der Waals surface area contributed by atoms with Crippen LogP contribution in [0.1, 0.15) is 49.6 Å². The summed E-state index contributed by atoms with van der Waals surface area (Å²) in [5.41, 5.74) is -0.128. The van der Waals surface area contributed by atoms with Crippen LogP contribution in [0, 0.1) is 11.6 Å². The molecule has 0 bridgehead atoms. The molecule has 2 aromatic carbocycles. The summed E-state index contributed by atoms with van der Waals surface area (Å²) in [6.07, 6.45) is -0.391. The number of hydrogen-bond donors (Lipinski definition) is 0. The van der Waals surface area contributed by atoms with Crippen LogP contribution in [0.15, 0.2) is 42.5 Å². The monoisotopic (exact) mass is 461 g/mol. The van der Waals surface area contributed by atoms with Crippen molar-refractivity contribution in [2.45, 2.75) is 57.6 Å². The van der Waals surface area contributed by atoms with Crippen LogP contribution in [-0.4, -0.2) is 33.5 Å². The van der Waals surface area contributed by atoms with Crippen molar-refractivity contribution in [2.24, 2.45) is 0 Å². The second-order valence-corrected chi connectivity index (χ2v) is 9.83. The maximum atomic E-state index is 14.8. The van der Waals surface area contributed by atoms with Crippen LogP contribution in [0.25, 0.3) is 0 Å². The number of benzene rings is 2. The smallest absolute Gasteiger partial charge is 0.310 e. The minimum absolute atomic E-state index is 0.0312. The molecule has 0 radical (unpaired) electrons. The zero-order valence-corrected chi connectivity index (χ0v) is 19.2. The number of ketones is 2. The van der Waals surface area contributed by atoms with Gasteiger partial charge in [0.25, 0.3) is 0 Å². The predicted molar refractivity (Wildman–Crippen MR) is 118 cm³/mol. The van der Waals surface area contributed by atoms with Crippen molar-refractivity contribution in [3.05, 3.63) is 70.8 Å². The van der Waals surface area contributed by atoms with Gasteiger partial charge in [0.15, 0.2) is 0 Å². The zero-order valence-electron chi connectivity index (χ0n) is 18.4. The van der Waals surface area contributed by atoms with Crippen LogP contribution in [0.5, 0.6) is 0 Å². The minimum Gasteiger partial charge on any atom is -0.460 e. The summed E-state index contributed by atoms with van der Waals surface area (Å²) in [5, 5.41) is -0.737. The van der Waals surface area contributed by atoms with Crippen molar-refractivity contribution in [3.8, 4) is 0 Å². The van der Waals surface area contributed by atoms with Gasteiger partial charge in [-0.2, -0.15) is 0 Å². The van der Waals surface area contributed by atoms with Gasteiger partial charge in [0.05, 0.1) is 12.5 Å². The van der Waals surface area contributed by atoms with Gasteiger partial charge in [-0.3, -0.25) is 14.4 Å². The molecule has 2 atom stereocenters. The molecule has 2 aromatic rings. The Morgan fingerprint density at radius 2 is 1.62 bits per heavy atom. The van der Waals surface area contributed by atoms with Crippen LogP contribution in [-0.2, 0) is 32.1 Å². The normalized spacial score (nSPS) is 19.8. The molecule has 0 aliphatic carbocycles. The van der Waals surface area contributed by atoms with E-state index < -0.39 is 52.5 Å². The van der Waals surface area contributed by atoms with Crippen molar-refractivity contribution >= 4 is 29.5 Å². The fraction of sp³-hybridized carbons (Fsp3) is 0.375. The van der Waals surface area contributed by atoms with E-state index in [-0.39, 0.29) is 17.7 Å². The van der Waals surface area contributed by atoms with E-state index in [4.69, 9.17) is 4.74 Å². The standard InChI is InChI=1S/C24H25F2NO4S/c1-14-21(29)22(30)23(15-8-6-5-7-9-15)32-27(14)13-17-11-18(25)16(10-19(17)26)12-20(28)31-24(2,3)4/h5-11,14,23H,12-13H2,1-4H3/t14-,23+/m0/s1. The minimum atomic E-state index is -0.781. The molecule has 1 fully saturated rings. The Balaban J connectivity index is 1.80. The van der Waals surface area contributed by atoms with Gasteiger partial charge in [-0.15, -0.1) is 0 Å². The van der Waals surface area contributed by atoms with E-state index in [1.54, 1.807) is 62.3 Å². The van der Waals surface area contributed by atoms with Gasteiger partial charge in [0.1, 0.15) is 22.5 Å². The topological polar surface area (TPSA) is 63.7 Å². The molecule has 0 amide bonds. The molecule has 0 saturated carbocycles. The Kier molecular flexibility index (Phi) is 7.15. The first-order valence-electron chi connectivity index (χ1n) is 10.2. The Labute approximate surface area is 190 Å². The lowest BCUT2D eigenvalue weighted by molar-refractivity contribution is -0.154. The summed E-state index contributed by atoms with van der Waals surface area (Å²) in [4.78, 5) is 37.0. The number of carbonyl (C=O) groups excluding carboxylic acids is 3. The number of esters is 1. The molecule has 8 heteroatoms. The highest BCUT2D eigenvalue weighted by molar-refractivity contribution is 7.98. The number of carbonyl (C=O) groups is 3. The van der Waals surface area contributed by atoms with Crippen LogP contribution in [0.2, 0.25) is 0 Å². The third-order valence-corrected chi connectivity index (χ3v) is 6.35. The van der Waals surface area contributed by atoms with Crippen LogP contribution >= 0.6 is 11.9 Å². The lowest BCUT2D eigenvalue weighted by Crippen LogP contribution is -2.45. The third kappa shape index (κ3) is 5.61. The zero-order chi connectivity index (χ0) is 23.6. The molecule has 0 aromatic heterocycles. The molecule has 0 spiro atoms. The van der Waals surface area contributed by atoms with E-state index in [1.165, 1.54) is 0 Å². The number of halogens is 2. The SMILES string of the molecule is C[C@H]1C(=O)C(=O)[C@@H](c2ccccc2)SN1Cc1cc(F)c(CC(=O)OC(C)(C)C)cc1F. The highest BCUT2D eigenvalue weighted by atomic mass is 32.2. The Morgan fingerprint density at radius 1 is 1.03 bits per heavy atom. The van der Waals surface area contributed by atoms with Crippen LogP contribution in [0.4, 0.5) is 8.78 Å². The molecular weight excluding hydrogens is 436 g/mol. The summed E-state index contributed by atoms with van der Waals surface area (Å²) in [5.74, 6) is -3.16. The van der Waals surface area contributed by atoms with E-state index >= 15 is 0 Å². The molecule has 170 valence electrons. The van der Waals surface area contributed by atoms with Gasteiger partial charge in [0.2, 0.25) is 11.6 Å². The summed E-state index contributed by atoms with van der Waals surface area (Å²) in [6, 6.07) is 10.1. The van der Waals surface area contributed by atoms with Gasteiger partial charge in [-0.25, -0.2) is 13.1 Å². The Bertz CT molecular complexity index is 1040. The number of nitrogens with zero attached hydrogens (tertiary/aromatic N) is 1. The second kappa shape index (κ2) is 9.50. The predicted octanol–water partition coefficient (Wildman–Crippen LogP) is 4.58. The molecule has 0 N–H and O–H groups in total. The van der Waals surface area contributed by atoms with Crippen LogP contribution < -0.4 is 0 Å². The van der Waals surface area contributed by atoms with E-state index in [0.717, 1.165) is 24.1 Å². The van der Waals surface area contributed by atoms with Crippen molar-refractivity contribution in [1.82, 2.24) is 4.31 Å². The molecule has 3 rings (SSSR count). The second-order valence-electron chi connectivity index (χ2n) is 8.67.